The Hall–Kier alpha value is -3.92. The standard InChI is InChI=1S/C25H18O4/c26-24(27)19-14-12-18-13-15-20(25(28)29)22(17-10-6-3-7-11-17)23(18)21(19)16-8-4-1-2-5-9-16/h1,3-15H,2H2,(H,26,27)(H,28,29). The molecule has 0 aliphatic heterocycles. The summed E-state index contributed by atoms with van der Waals surface area (Å²) in [5.74, 6) is -2.10. The van der Waals surface area contributed by atoms with Gasteiger partial charge in [0.15, 0.2) is 0 Å². The first-order chi connectivity index (χ1) is 14.1. The lowest BCUT2D eigenvalue weighted by Crippen LogP contribution is -2.06. The summed E-state index contributed by atoms with van der Waals surface area (Å²) < 4.78 is 0. The highest BCUT2D eigenvalue weighted by molar-refractivity contribution is 6.15. The largest absolute Gasteiger partial charge is 0.478 e. The normalized spacial score (nSPS) is 13.2. The highest BCUT2D eigenvalue weighted by Crippen LogP contribution is 2.39. The van der Waals surface area contributed by atoms with Gasteiger partial charge in [-0.3, -0.25) is 0 Å². The number of aromatic carboxylic acids is 2. The predicted octanol–water partition coefficient (Wildman–Crippen LogP) is 5.80. The molecule has 0 saturated carbocycles. The van der Waals surface area contributed by atoms with Crippen LogP contribution < -0.4 is 0 Å². The molecule has 0 heterocycles. The minimum Gasteiger partial charge on any atom is -0.478 e. The van der Waals surface area contributed by atoms with Gasteiger partial charge in [0.1, 0.15) is 0 Å². The van der Waals surface area contributed by atoms with Crippen molar-refractivity contribution in [2.24, 2.45) is 0 Å². The van der Waals surface area contributed by atoms with E-state index in [0.29, 0.717) is 16.5 Å². The quantitative estimate of drug-likeness (QED) is 0.598. The minimum absolute atomic E-state index is 0.140. The van der Waals surface area contributed by atoms with Gasteiger partial charge in [-0.25, -0.2) is 9.59 Å². The molecule has 29 heavy (non-hydrogen) atoms. The summed E-state index contributed by atoms with van der Waals surface area (Å²) in [6, 6.07) is 15.9. The number of carboxylic acid groups (broad SMARTS) is 2. The molecular weight excluding hydrogens is 364 g/mol. The zero-order chi connectivity index (χ0) is 20.4. The topological polar surface area (TPSA) is 74.6 Å². The van der Waals surface area contributed by atoms with Crippen molar-refractivity contribution >= 4 is 28.3 Å². The molecule has 4 heteroatoms. The van der Waals surface area contributed by atoms with Crippen LogP contribution in [0.15, 0.2) is 85.0 Å². The lowest BCUT2D eigenvalue weighted by Gasteiger charge is -2.17. The van der Waals surface area contributed by atoms with Crippen molar-refractivity contribution in [3.8, 4) is 11.1 Å². The molecule has 0 saturated heterocycles. The number of allylic oxidation sites excluding steroid dienone is 6. The first kappa shape index (κ1) is 18.4. The molecule has 4 nitrogen and oxygen atoms in total. The molecule has 3 aromatic rings. The lowest BCUT2D eigenvalue weighted by atomic mass is 9.85. The second kappa shape index (κ2) is 7.60. The van der Waals surface area contributed by atoms with Crippen LogP contribution >= 0.6 is 0 Å². The Morgan fingerprint density at radius 2 is 1.41 bits per heavy atom. The van der Waals surface area contributed by atoms with Crippen LogP contribution in [0.4, 0.5) is 0 Å². The summed E-state index contributed by atoms with van der Waals surface area (Å²) in [4.78, 5) is 24.1. The Balaban J connectivity index is 2.22. The van der Waals surface area contributed by atoms with Crippen molar-refractivity contribution in [1.82, 2.24) is 0 Å². The molecule has 3 aromatic carbocycles. The maximum atomic E-state index is 12.1. The van der Waals surface area contributed by atoms with Crippen molar-refractivity contribution in [3.63, 3.8) is 0 Å². The number of carboxylic acids is 2. The molecule has 0 aromatic heterocycles. The molecular formula is C25H18O4. The number of rotatable bonds is 4. The van der Waals surface area contributed by atoms with Crippen molar-refractivity contribution in [2.75, 3.05) is 0 Å². The Labute approximate surface area is 167 Å². The van der Waals surface area contributed by atoms with Crippen LogP contribution in [0.1, 0.15) is 32.7 Å². The van der Waals surface area contributed by atoms with Crippen LogP contribution in [0.5, 0.6) is 0 Å². The predicted molar refractivity (Wildman–Crippen MR) is 114 cm³/mol. The SMILES string of the molecule is O=C(O)c1ccc2ccc(C(=O)O)c(-c3ccccc3)c2c1C1=CC=CCC=C1. The monoisotopic (exact) mass is 382 g/mol. The highest BCUT2D eigenvalue weighted by atomic mass is 16.4. The smallest absolute Gasteiger partial charge is 0.336 e. The number of benzene rings is 3. The third-order valence-electron chi connectivity index (χ3n) is 4.98. The van der Waals surface area contributed by atoms with E-state index >= 15 is 0 Å². The number of hydrogen-bond donors (Lipinski definition) is 2. The molecule has 1 aliphatic rings. The Bertz CT molecular complexity index is 1210. The van der Waals surface area contributed by atoms with Gasteiger partial charge in [-0.05, 0) is 40.5 Å². The van der Waals surface area contributed by atoms with E-state index in [2.05, 4.69) is 0 Å². The summed E-state index contributed by atoms with van der Waals surface area (Å²) >= 11 is 0. The van der Waals surface area contributed by atoms with Gasteiger partial charge in [-0.2, -0.15) is 0 Å². The van der Waals surface area contributed by atoms with Crippen molar-refractivity contribution in [3.05, 3.63) is 102 Å². The zero-order valence-electron chi connectivity index (χ0n) is 15.5. The molecule has 2 N–H and O–H groups in total. The van der Waals surface area contributed by atoms with Gasteiger partial charge in [-0.15, -0.1) is 0 Å². The van der Waals surface area contributed by atoms with Gasteiger partial charge in [0, 0.05) is 11.1 Å². The average Bonchev–Trinajstić information content (AvgIpc) is 3.01. The van der Waals surface area contributed by atoms with Gasteiger partial charge < -0.3 is 10.2 Å². The molecule has 0 radical (unpaired) electrons. The first-order valence-corrected chi connectivity index (χ1v) is 9.23. The molecule has 0 fully saturated rings. The van der Waals surface area contributed by atoms with Crippen molar-refractivity contribution in [2.45, 2.75) is 6.42 Å². The second-order valence-electron chi connectivity index (χ2n) is 6.74. The van der Waals surface area contributed by atoms with E-state index in [1.807, 2.05) is 60.7 Å². The van der Waals surface area contributed by atoms with Crippen molar-refractivity contribution in [1.29, 1.82) is 0 Å². The molecule has 142 valence electrons. The molecule has 1 aliphatic carbocycles. The zero-order valence-corrected chi connectivity index (χ0v) is 15.5. The maximum absolute atomic E-state index is 12.1. The number of hydrogen-bond acceptors (Lipinski definition) is 2. The van der Waals surface area contributed by atoms with E-state index in [1.54, 1.807) is 24.3 Å². The van der Waals surface area contributed by atoms with Gasteiger partial charge >= 0.3 is 11.9 Å². The van der Waals surface area contributed by atoms with E-state index in [1.165, 1.54) is 0 Å². The van der Waals surface area contributed by atoms with Crippen LogP contribution in [0.2, 0.25) is 0 Å². The highest BCUT2D eigenvalue weighted by Gasteiger charge is 2.22. The van der Waals surface area contributed by atoms with Crippen LogP contribution in [0, 0.1) is 0 Å². The first-order valence-electron chi connectivity index (χ1n) is 9.23. The summed E-state index contributed by atoms with van der Waals surface area (Å²) in [7, 11) is 0. The summed E-state index contributed by atoms with van der Waals surface area (Å²) in [5, 5.41) is 21.2. The number of fused-ring (bicyclic) bond motifs is 1. The van der Waals surface area contributed by atoms with Gasteiger partial charge in [0.2, 0.25) is 0 Å². The minimum atomic E-state index is -1.05. The molecule has 0 bridgehead atoms. The van der Waals surface area contributed by atoms with Crippen LogP contribution in [-0.4, -0.2) is 22.2 Å². The third-order valence-corrected chi connectivity index (χ3v) is 4.98. The molecule has 4 rings (SSSR count). The Morgan fingerprint density at radius 1 is 0.759 bits per heavy atom. The van der Waals surface area contributed by atoms with E-state index in [-0.39, 0.29) is 11.1 Å². The average molecular weight is 382 g/mol. The fraction of sp³-hybridized carbons (Fsp3) is 0.0400. The second-order valence-corrected chi connectivity index (χ2v) is 6.74. The molecule has 0 amide bonds. The van der Waals surface area contributed by atoms with Crippen LogP contribution in [0.25, 0.3) is 27.5 Å². The number of carbonyl (C=O) groups is 2. The molecule has 0 unspecified atom stereocenters. The maximum Gasteiger partial charge on any atom is 0.336 e. The summed E-state index contributed by atoms with van der Waals surface area (Å²) in [6.07, 6.45) is 10.3. The third kappa shape index (κ3) is 3.36. The van der Waals surface area contributed by atoms with E-state index in [0.717, 1.165) is 22.9 Å². The fourth-order valence-electron chi connectivity index (χ4n) is 3.73. The van der Waals surface area contributed by atoms with E-state index in [9.17, 15) is 19.8 Å². The molecule has 0 spiro atoms. The van der Waals surface area contributed by atoms with Gasteiger partial charge in [0.25, 0.3) is 0 Å². The lowest BCUT2D eigenvalue weighted by molar-refractivity contribution is 0.0687. The van der Waals surface area contributed by atoms with E-state index in [4.69, 9.17) is 0 Å². The summed E-state index contributed by atoms with van der Waals surface area (Å²) in [6.45, 7) is 0. The summed E-state index contributed by atoms with van der Waals surface area (Å²) in [5.41, 5.74) is 2.80. The fourth-order valence-corrected chi connectivity index (χ4v) is 3.73. The van der Waals surface area contributed by atoms with Crippen LogP contribution in [-0.2, 0) is 0 Å². The van der Waals surface area contributed by atoms with E-state index < -0.39 is 11.9 Å². The Kier molecular flexibility index (Phi) is 4.83. The Morgan fingerprint density at radius 3 is 2.07 bits per heavy atom. The van der Waals surface area contributed by atoms with Gasteiger partial charge in [0.05, 0.1) is 11.1 Å². The molecule has 0 atom stereocenters. The van der Waals surface area contributed by atoms with Gasteiger partial charge in [-0.1, -0.05) is 72.8 Å². The van der Waals surface area contributed by atoms with Crippen LogP contribution in [0.3, 0.4) is 0 Å². The van der Waals surface area contributed by atoms with Crippen molar-refractivity contribution < 1.29 is 19.8 Å².